The van der Waals surface area contributed by atoms with E-state index in [-0.39, 0.29) is 0 Å². The van der Waals surface area contributed by atoms with Gasteiger partial charge in [-0.15, -0.1) is 0 Å². The molecule has 3 nitrogen and oxygen atoms in total. The van der Waals surface area contributed by atoms with Crippen LogP contribution >= 0.6 is 0 Å². The van der Waals surface area contributed by atoms with E-state index in [4.69, 9.17) is 5.26 Å². The summed E-state index contributed by atoms with van der Waals surface area (Å²) >= 11 is 0. The number of hydrogen-bond acceptors (Lipinski definition) is 3. The second-order valence-electron chi connectivity index (χ2n) is 2.45. The Hall–Kier alpha value is -1.04. The molecule has 3 heteroatoms. The van der Waals surface area contributed by atoms with Crippen LogP contribution in [0.25, 0.3) is 0 Å². The highest BCUT2D eigenvalue weighted by molar-refractivity contribution is 5.39. The van der Waals surface area contributed by atoms with Gasteiger partial charge in [-0.3, -0.25) is 0 Å². The fraction of sp³-hybridized carbons (Fsp3) is 0.714. The van der Waals surface area contributed by atoms with Crippen molar-refractivity contribution in [1.29, 1.82) is 5.26 Å². The lowest BCUT2D eigenvalue weighted by Gasteiger charge is -2.07. The first kappa shape index (κ1) is 8.96. The molecule has 0 bridgehead atoms. The van der Waals surface area contributed by atoms with Gasteiger partial charge in [-0.25, -0.2) is 4.79 Å². The second kappa shape index (κ2) is 4.80. The van der Waals surface area contributed by atoms with Crippen LogP contribution in [0.3, 0.4) is 0 Å². The van der Waals surface area contributed by atoms with Crippen molar-refractivity contribution >= 4 is 6.47 Å². The minimum Gasteiger partial charge on any atom is -0.439 e. The molecular formula is C7H10NO2. The van der Waals surface area contributed by atoms with Gasteiger partial charge in [0.1, 0.15) is 6.07 Å². The molecule has 55 valence electrons. The lowest BCUT2D eigenvalue weighted by Crippen LogP contribution is -2.11. The van der Waals surface area contributed by atoms with Crippen LogP contribution < -0.4 is 0 Å². The Kier molecular flexibility index (Phi) is 4.30. The third kappa shape index (κ3) is 3.90. The fourth-order valence-corrected chi connectivity index (χ4v) is 0.613. The van der Waals surface area contributed by atoms with Gasteiger partial charge in [-0.1, -0.05) is 13.8 Å². The van der Waals surface area contributed by atoms with Crippen molar-refractivity contribution in [2.24, 2.45) is 5.92 Å². The van der Waals surface area contributed by atoms with Crippen molar-refractivity contribution in [3.05, 3.63) is 0 Å². The number of carbonyl (C=O) groups excluding carboxylic acids is 1. The van der Waals surface area contributed by atoms with Gasteiger partial charge in [0.15, 0.2) is 6.10 Å². The molecule has 0 amide bonds. The van der Waals surface area contributed by atoms with Crippen LogP contribution in [0.4, 0.5) is 0 Å². The van der Waals surface area contributed by atoms with E-state index >= 15 is 0 Å². The molecule has 0 heterocycles. The monoisotopic (exact) mass is 140 g/mol. The third-order valence-corrected chi connectivity index (χ3v) is 1.02. The maximum absolute atomic E-state index is 9.66. The molecule has 1 radical (unpaired) electrons. The van der Waals surface area contributed by atoms with Gasteiger partial charge in [0.25, 0.3) is 0 Å². The SMILES string of the molecule is CC(C)CC(C#N)O[C]=O. The standard InChI is InChI=1S/C7H10NO2/c1-6(2)3-7(4-8)10-5-9/h6-7H,3H2,1-2H3. The van der Waals surface area contributed by atoms with E-state index in [9.17, 15) is 4.79 Å². The summed E-state index contributed by atoms with van der Waals surface area (Å²) in [5.41, 5.74) is 0. The molecule has 0 aliphatic carbocycles. The number of hydrogen-bond donors (Lipinski definition) is 0. The Morgan fingerprint density at radius 3 is 2.50 bits per heavy atom. The fourth-order valence-electron chi connectivity index (χ4n) is 0.613. The van der Waals surface area contributed by atoms with E-state index in [1.54, 1.807) is 0 Å². The first-order valence-corrected chi connectivity index (χ1v) is 3.13. The Bertz CT molecular complexity index is 137. The van der Waals surface area contributed by atoms with Crippen LogP contribution in [0.5, 0.6) is 0 Å². The number of rotatable bonds is 4. The second-order valence-corrected chi connectivity index (χ2v) is 2.45. The smallest absolute Gasteiger partial charge is 0.418 e. The predicted molar refractivity (Wildman–Crippen MR) is 35.6 cm³/mol. The molecule has 0 saturated heterocycles. The molecule has 1 unspecified atom stereocenters. The summed E-state index contributed by atoms with van der Waals surface area (Å²) in [5, 5.41) is 8.35. The lowest BCUT2D eigenvalue weighted by atomic mass is 10.1. The quantitative estimate of drug-likeness (QED) is 0.585. The van der Waals surface area contributed by atoms with E-state index in [0.717, 1.165) is 0 Å². The predicted octanol–water partition coefficient (Wildman–Crippen LogP) is 1.01. The zero-order chi connectivity index (χ0) is 7.98. The molecule has 0 rings (SSSR count). The van der Waals surface area contributed by atoms with Gasteiger partial charge >= 0.3 is 6.47 Å². The zero-order valence-corrected chi connectivity index (χ0v) is 6.13. The van der Waals surface area contributed by atoms with Gasteiger partial charge in [-0.2, -0.15) is 5.26 Å². The van der Waals surface area contributed by atoms with Gasteiger partial charge in [0.05, 0.1) is 0 Å². The molecule has 0 aliphatic rings. The summed E-state index contributed by atoms with van der Waals surface area (Å²) in [7, 11) is 0. The third-order valence-electron chi connectivity index (χ3n) is 1.02. The average molecular weight is 140 g/mol. The maximum Gasteiger partial charge on any atom is 0.418 e. The first-order chi connectivity index (χ1) is 4.70. The molecule has 0 fully saturated rings. The molecular weight excluding hydrogens is 130 g/mol. The van der Waals surface area contributed by atoms with E-state index in [1.807, 2.05) is 19.9 Å². The van der Waals surface area contributed by atoms with Crippen molar-refractivity contribution in [2.75, 3.05) is 0 Å². The Labute approximate surface area is 60.6 Å². The minimum absolute atomic E-state index is 0.359. The van der Waals surface area contributed by atoms with Crippen LogP contribution in [0, 0.1) is 17.2 Å². The molecule has 0 aromatic rings. The highest BCUT2D eigenvalue weighted by Gasteiger charge is 2.09. The number of nitrogens with zero attached hydrogens (tertiary/aromatic N) is 1. The van der Waals surface area contributed by atoms with Crippen LogP contribution in [0.2, 0.25) is 0 Å². The van der Waals surface area contributed by atoms with Crippen molar-refractivity contribution < 1.29 is 9.53 Å². The van der Waals surface area contributed by atoms with Crippen molar-refractivity contribution in [3.8, 4) is 6.07 Å². The summed E-state index contributed by atoms with van der Waals surface area (Å²) in [5.74, 6) is 0.359. The molecule has 0 aromatic heterocycles. The van der Waals surface area contributed by atoms with E-state index in [1.165, 1.54) is 6.47 Å². The topological polar surface area (TPSA) is 50.1 Å². The highest BCUT2D eigenvalue weighted by atomic mass is 16.5. The first-order valence-electron chi connectivity index (χ1n) is 3.13. The Morgan fingerprint density at radius 2 is 2.20 bits per heavy atom. The van der Waals surface area contributed by atoms with Gasteiger partial charge < -0.3 is 4.74 Å². The summed E-state index contributed by atoms with van der Waals surface area (Å²) < 4.78 is 4.34. The minimum atomic E-state index is -0.627. The Morgan fingerprint density at radius 1 is 1.60 bits per heavy atom. The maximum atomic E-state index is 9.66. The van der Waals surface area contributed by atoms with Crippen LogP contribution in [-0.4, -0.2) is 12.6 Å². The van der Waals surface area contributed by atoms with Crippen molar-refractivity contribution in [2.45, 2.75) is 26.4 Å². The molecule has 0 saturated carbocycles. The van der Waals surface area contributed by atoms with E-state index in [0.29, 0.717) is 12.3 Å². The summed E-state index contributed by atoms with van der Waals surface area (Å²) in [4.78, 5) is 9.66. The molecule has 0 spiro atoms. The van der Waals surface area contributed by atoms with E-state index < -0.39 is 6.10 Å². The summed E-state index contributed by atoms with van der Waals surface area (Å²) in [6.07, 6.45) is -0.0522. The summed E-state index contributed by atoms with van der Waals surface area (Å²) in [6, 6.07) is 1.85. The Balaban J connectivity index is 3.62. The van der Waals surface area contributed by atoms with Crippen molar-refractivity contribution in [3.63, 3.8) is 0 Å². The molecule has 0 N–H and O–H groups in total. The highest BCUT2D eigenvalue weighted by Crippen LogP contribution is 2.05. The van der Waals surface area contributed by atoms with Gasteiger partial charge in [0.2, 0.25) is 0 Å². The average Bonchev–Trinajstić information content (AvgIpc) is 1.86. The van der Waals surface area contributed by atoms with Crippen LogP contribution in [0.15, 0.2) is 0 Å². The molecule has 1 atom stereocenters. The van der Waals surface area contributed by atoms with Crippen molar-refractivity contribution in [1.82, 2.24) is 0 Å². The van der Waals surface area contributed by atoms with Crippen LogP contribution in [-0.2, 0) is 9.53 Å². The van der Waals surface area contributed by atoms with Gasteiger partial charge in [-0.05, 0) is 5.92 Å². The zero-order valence-electron chi connectivity index (χ0n) is 6.13. The summed E-state index contributed by atoms with van der Waals surface area (Å²) in [6.45, 7) is 5.17. The number of ether oxygens (including phenoxy) is 1. The van der Waals surface area contributed by atoms with E-state index in [2.05, 4.69) is 4.74 Å². The lowest BCUT2D eigenvalue weighted by molar-refractivity contribution is 0.200. The van der Waals surface area contributed by atoms with Gasteiger partial charge in [0, 0.05) is 6.42 Å². The normalized spacial score (nSPS) is 12.2. The number of nitriles is 1. The molecule has 0 aromatic carbocycles. The largest absolute Gasteiger partial charge is 0.439 e. The molecule has 0 aliphatic heterocycles. The van der Waals surface area contributed by atoms with Crippen LogP contribution in [0.1, 0.15) is 20.3 Å². The molecule has 10 heavy (non-hydrogen) atoms.